The largest absolute Gasteiger partial charge is 0.314 e. The zero-order valence-electron chi connectivity index (χ0n) is 6.38. The summed E-state index contributed by atoms with van der Waals surface area (Å²) in [6.45, 7) is 3.39. The van der Waals surface area contributed by atoms with Crippen LogP contribution in [0.4, 0.5) is 0 Å². The molecule has 0 heterocycles. The summed E-state index contributed by atoms with van der Waals surface area (Å²) in [6, 6.07) is 0. The highest BCUT2D eigenvalue weighted by Crippen LogP contribution is 2.03. The normalized spacial score (nSPS) is 13.6. The van der Waals surface area contributed by atoms with Crippen LogP contribution in [0.5, 0.6) is 0 Å². The van der Waals surface area contributed by atoms with Crippen LogP contribution in [-0.2, 0) is 10.1 Å². The second kappa shape index (κ2) is 2.86. The highest BCUT2D eigenvalue weighted by Gasteiger charge is 2.21. The third kappa shape index (κ3) is 4.72. The molecule has 0 aromatic carbocycles. The number of hydrogen-bond acceptors (Lipinski definition) is 3. The summed E-state index contributed by atoms with van der Waals surface area (Å²) in [7, 11) is -2.21. The molecule has 0 aliphatic heterocycles. The number of rotatable bonds is 3. The van der Waals surface area contributed by atoms with Crippen LogP contribution in [-0.4, -0.2) is 31.3 Å². The fourth-order valence-electron chi connectivity index (χ4n) is 0.528. The van der Waals surface area contributed by atoms with Crippen LogP contribution in [0.1, 0.15) is 13.8 Å². The number of hydrogen-bond donors (Lipinski definition) is 2. The third-order valence-electron chi connectivity index (χ3n) is 1.22. The maximum Gasteiger partial charge on any atom is 0.266 e. The molecule has 0 aliphatic rings. The maximum atomic E-state index is 10.3. The Kier molecular flexibility index (Phi) is 2.82. The Labute approximate surface area is 61.4 Å². The standard InChI is InChI=1S/C5H13NO3S/c1-5(2,6-3)4-10(7,8)9/h6H,4H2,1-3H3,(H,7,8,9). The molecule has 0 radical (unpaired) electrons. The van der Waals surface area contributed by atoms with Gasteiger partial charge in [0.05, 0.1) is 5.75 Å². The van der Waals surface area contributed by atoms with Crippen molar-refractivity contribution >= 4 is 10.1 Å². The second-order valence-corrected chi connectivity index (χ2v) is 4.31. The van der Waals surface area contributed by atoms with Crippen molar-refractivity contribution in [1.29, 1.82) is 0 Å². The smallest absolute Gasteiger partial charge is 0.266 e. The van der Waals surface area contributed by atoms with E-state index in [1.54, 1.807) is 20.9 Å². The van der Waals surface area contributed by atoms with Crippen LogP contribution < -0.4 is 5.32 Å². The van der Waals surface area contributed by atoms with Crippen LogP contribution in [0.3, 0.4) is 0 Å². The first kappa shape index (κ1) is 9.87. The van der Waals surface area contributed by atoms with E-state index in [1.165, 1.54) is 0 Å². The molecule has 0 unspecified atom stereocenters. The summed E-state index contributed by atoms with van der Waals surface area (Å²) >= 11 is 0. The van der Waals surface area contributed by atoms with Gasteiger partial charge in [-0.15, -0.1) is 0 Å². The van der Waals surface area contributed by atoms with E-state index in [2.05, 4.69) is 5.32 Å². The van der Waals surface area contributed by atoms with E-state index in [4.69, 9.17) is 4.55 Å². The highest BCUT2D eigenvalue weighted by atomic mass is 32.2. The summed E-state index contributed by atoms with van der Waals surface area (Å²) in [5, 5.41) is 2.76. The minimum absolute atomic E-state index is 0.267. The summed E-state index contributed by atoms with van der Waals surface area (Å²) in [6.07, 6.45) is 0. The Morgan fingerprint density at radius 1 is 1.50 bits per heavy atom. The van der Waals surface area contributed by atoms with Crippen molar-refractivity contribution in [3.05, 3.63) is 0 Å². The van der Waals surface area contributed by atoms with Crippen molar-refractivity contribution in [2.45, 2.75) is 19.4 Å². The van der Waals surface area contributed by atoms with Gasteiger partial charge in [-0.05, 0) is 20.9 Å². The fourth-order valence-corrected chi connectivity index (χ4v) is 1.58. The third-order valence-corrected chi connectivity index (χ3v) is 2.31. The molecule has 0 saturated carbocycles. The molecule has 0 saturated heterocycles. The average Bonchev–Trinajstić information content (AvgIpc) is 1.60. The van der Waals surface area contributed by atoms with E-state index in [1.807, 2.05) is 0 Å². The molecule has 4 nitrogen and oxygen atoms in total. The lowest BCUT2D eigenvalue weighted by Gasteiger charge is -2.21. The summed E-state index contributed by atoms with van der Waals surface area (Å²) < 4.78 is 29.1. The molecule has 0 spiro atoms. The van der Waals surface area contributed by atoms with Gasteiger partial charge < -0.3 is 5.32 Å². The van der Waals surface area contributed by atoms with E-state index in [9.17, 15) is 8.42 Å². The molecule has 0 fully saturated rings. The van der Waals surface area contributed by atoms with Crippen molar-refractivity contribution in [1.82, 2.24) is 5.32 Å². The quantitative estimate of drug-likeness (QED) is 0.575. The molecule has 0 aliphatic carbocycles. The molecule has 0 amide bonds. The summed E-state index contributed by atoms with van der Waals surface area (Å²) in [4.78, 5) is 0. The van der Waals surface area contributed by atoms with Crippen LogP contribution in [0.2, 0.25) is 0 Å². The molecule has 2 N–H and O–H groups in total. The molecular weight excluding hydrogens is 154 g/mol. The molecule has 10 heavy (non-hydrogen) atoms. The Morgan fingerprint density at radius 2 is 1.90 bits per heavy atom. The molecule has 0 bridgehead atoms. The highest BCUT2D eigenvalue weighted by molar-refractivity contribution is 7.85. The van der Waals surface area contributed by atoms with Gasteiger partial charge in [0.2, 0.25) is 0 Å². The van der Waals surface area contributed by atoms with Crippen molar-refractivity contribution in [2.24, 2.45) is 0 Å². The van der Waals surface area contributed by atoms with Crippen LogP contribution in [0, 0.1) is 0 Å². The van der Waals surface area contributed by atoms with Gasteiger partial charge in [-0.2, -0.15) is 8.42 Å². The monoisotopic (exact) mass is 167 g/mol. The predicted octanol–water partition coefficient (Wildman–Crippen LogP) is -0.128. The fraction of sp³-hybridized carbons (Fsp3) is 1.00. The first-order chi connectivity index (χ1) is 4.27. The predicted molar refractivity (Wildman–Crippen MR) is 39.6 cm³/mol. The zero-order valence-corrected chi connectivity index (χ0v) is 7.20. The van der Waals surface area contributed by atoms with Gasteiger partial charge in [-0.1, -0.05) is 0 Å². The van der Waals surface area contributed by atoms with Gasteiger partial charge in [-0.25, -0.2) is 0 Å². The second-order valence-electron chi connectivity index (χ2n) is 2.86. The topological polar surface area (TPSA) is 66.4 Å². The Bertz CT molecular complexity index is 195. The van der Waals surface area contributed by atoms with Crippen molar-refractivity contribution in [3.8, 4) is 0 Å². The van der Waals surface area contributed by atoms with E-state index < -0.39 is 15.7 Å². The lowest BCUT2D eigenvalue weighted by Crippen LogP contribution is -2.42. The first-order valence-electron chi connectivity index (χ1n) is 2.91. The molecule has 0 aromatic rings. The van der Waals surface area contributed by atoms with Gasteiger partial charge in [0.15, 0.2) is 0 Å². The SMILES string of the molecule is CNC(C)(C)CS(=O)(=O)O. The van der Waals surface area contributed by atoms with Gasteiger partial charge in [-0.3, -0.25) is 4.55 Å². The Balaban J connectivity index is 4.16. The Hall–Kier alpha value is -0.130. The van der Waals surface area contributed by atoms with Gasteiger partial charge in [0.25, 0.3) is 10.1 Å². The lowest BCUT2D eigenvalue weighted by molar-refractivity contribution is 0.427. The molecular formula is C5H13NO3S. The summed E-state index contributed by atoms with van der Waals surface area (Å²) in [5.74, 6) is -0.267. The summed E-state index contributed by atoms with van der Waals surface area (Å²) in [5.41, 5.74) is -0.562. The van der Waals surface area contributed by atoms with Crippen LogP contribution in [0.15, 0.2) is 0 Å². The van der Waals surface area contributed by atoms with Crippen LogP contribution >= 0.6 is 0 Å². The molecule has 5 heteroatoms. The minimum Gasteiger partial charge on any atom is -0.314 e. The lowest BCUT2D eigenvalue weighted by atomic mass is 10.1. The van der Waals surface area contributed by atoms with Crippen LogP contribution in [0.25, 0.3) is 0 Å². The maximum absolute atomic E-state index is 10.3. The van der Waals surface area contributed by atoms with Gasteiger partial charge in [0.1, 0.15) is 0 Å². The van der Waals surface area contributed by atoms with Gasteiger partial charge in [0, 0.05) is 5.54 Å². The van der Waals surface area contributed by atoms with E-state index in [0.29, 0.717) is 0 Å². The van der Waals surface area contributed by atoms with E-state index in [-0.39, 0.29) is 5.75 Å². The average molecular weight is 167 g/mol. The van der Waals surface area contributed by atoms with Crippen molar-refractivity contribution in [2.75, 3.05) is 12.8 Å². The molecule has 0 rings (SSSR count). The van der Waals surface area contributed by atoms with E-state index >= 15 is 0 Å². The van der Waals surface area contributed by atoms with Crippen molar-refractivity contribution < 1.29 is 13.0 Å². The first-order valence-corrected chi connectivity index (χ1v) is 4.52. The molecule has 0 atom stereocenters. The molecule has 0 aromatic heterocycles. The zero-order chi connectivity index (χ0) is 8.41. The van der Waals surface area contributed by atoms with Crippen molar-refractivity contribution in [3.63, 3.8) is 0 Å². The van der Waals surface area contributed by atoms with Gasteiger partial charge >= 0.3 is 0 Å². The number of nitrogens with one attached hydrogen (secondary N) is 1. The van der Waals surface area contributed by atoms with E-state index in [0.717, 1.165) is 0 Å². The molecule has 62 valence electrons. The minimum atomic E-state index is -3.86. The Morgan fingerprint density at radius 3 is 2.00 bits per heavy atom.